The van der Waals surface area contributed by atoms with Crippen LogP contribution in [0.15, 0.2) is 54.6 Å². The number of carbonyl (C=O) groups excluding carboxylic acids is 2. The number of aromatic carboxylic acids is 1. The molecule has 0 saturated heterocycles. The predicted molar refractivity (Wildman–Crippen MR) is 120 cm³/mol. The maximum atomic E-state index is 12.9. The molecule has 0 fully saturated rings. The number of carboxylic acid groups (broad SMARTS) is 1. The minimum absolute atomic E-state index is 0.0611. The number of fused-ring (bicyclic) bond motifs is 1. The number of nitrogens with zero attached hydrogens (tertiary/aromatic N) is 1. The summed E-state index contributed by atoms with van der Waals surface area (Å²) in [4.78, 5) is 41.4. The predicted octanol–water partition coefficient (Wildman–Crippen LogP) is 3.93. The van der Waals surface area contributed by atoms with Crippen molar-refractivity contribution in [3.05, 3.63) is 70.2 Å². The maximum Gasteiger partial charge on any atom is 0.335 e. The summed E-state index contributed by atoms with van der Waals surface area (Å²) in [5.74, 6) is -2.14. The summed E-state index contributed by atoms with van der Waals surface area (Å²) < 4.78 is 5.67. The van der Waals surface area contributed by atoms with Crippen molar-refractivity contribution in [2.24, 2.45) is 0 Å². The molecule has 0 bridgehead atoms. The number of ether oxygens (including phenoxy) is 1. The average Bonchev–Trinajstić information content (AvgIpc) is 2.77. The van der Waals surface area contributed by atoms with E-state index in [-0.39, 0.29) is 22.9 Å². The number of hydroxylamine groups is 1. The zero-order valence-electron chi connectivity index (χ0n) is 16.8. The smallest absolute Gasteiger partial charge is 0.335 e. The van der Waals surface area contributed by atoms with E-state index in [9.17, 15) is 19.5 Å². The van der Waals surface area contributed by atoms with Gasteiger partial charge in [-0.2, -0.15) is 5.06 Å². The van der Waals surface area contributed by atoms with Gasteiger partial charge in [0, 0.05) is 17.5 Å². The largest absolute Gasteiger partial charge is 0.483 e. The Bertz CT molecular complexity index is 1170. The lowest BCUT2D eigenvalue weighted by molar-refractivity contribution is -0.133. The maximum absolute atomic E-state index is 12.9. The van der Waals surface area contributed by atoms with Crippen LogP contribution in [0.1, 0.15) is 10.4 Å². The lowest BCUT2D eigenvalue weighted by Crippen LogP contribution is -2.38. The van der Waals surface area contributed by atoms with Crippen molar-refractivity contribution in [2.45, 2.75) is 0 Å². The Morgan fingerprint density at radius 1 is 1.03 bits per heavy atom. The molecule has 0 unspecified atom stereocenters. The molecule has 0 aliphatic rings. The van der Waals surface area contributed by atoms with Crippen LogP contribution in [0.3, 0.4) is 0 Å². The molecule has 0 heterocycles. The van der Waals surface area contributed by atoms with Gasteiger partial charge in [-0.15, -0.1) is 0 Å². The molecule has 0 atom stereocenters. The SMILES string of the molecule is CNC(=O)CON(C(=O)COc1cc(C(=O)O)cc2cc(Cl)cc(Cl)c12)c1ccccc1. The van der Waals surface area contributed by atoms with Gasteiger partial charge in [-0.3, -0.25) is 14.4 Å². The minimum Gasteiger partial charge on any atom is -0.483 e. The molecule has 3 aromatic carbocycles. The van der Waals surface area contributed by atoms with E-state index >= 15 is 0 Å². The molecule has 3 aromatic rings. The van der Waals surface area contributed by atoms with Crippen LogP contribution in [0.25, 0.3) is 10.8 Å². The van der Waals surface area contributed by atoms with Crippen LogP contribution in [0.4, 0.5) is 5.69 Å². The third kappa shape index (κ3) is 5.47. The van der Waals surface area contributed by atoms with Crippen molar-refractivity contribution in [3.63, 3.8) is 0 Å². The molecule has 0 saturated carbocycles. The summed E-state index contributed by atoms with van der Waals surface area (Å²) in [5.41, 5.74) is 0.327. The molecule has 0 radical (unpaired) electrons. The van der Waals surface area contributed by atoms with Gasteiger partial charge in [0.05, 0.1) is 16.3 Å². The average molecular weight is 477 g/mol. The zero-order chi connectivity index (χ0) is 23.3. The molecule has 0 aromatic heterocycles. The van der Waals surface area contributed by atoms with E-state index in [4.69, 9.17) is 32.8 Å². The molecule has 3 rings (SSSR count). The monoisotopic (exact) mass is 476 g/mol. The fraction of sp³-hybridized carbons (Fsp3) is 0.136. The quantitative estimate of drug-likeness (QED) is 0.477. The molecule has 0 aliphatic carbocycles. The Morgan fingerprint density at radius 2 is 1.75 bits per heavy atom. The molecular weight excluding hydrogens is 459 g/mol. The van der Waals surface area contributed by atoms with E-state index < -0.39 is 24.4 Å². The van der Waals surface area contributed by atoms with Gasteiger partial charge in [-0.1, -0.05) is 41.4 Å². The van der Waals surface area contributed by atoms with Gasteiger partial charge in [0.2, 0.25) is 5.91 Å². The van der Waals surface area contributed by atoms with Crippen molar-refractivity contribution in [1.82, 2.24) is 5.32 Å². The number of para-hydroxylation sites is 1. The summed E-state index contributed by atoms with van der Waals surface area (Å²) in [6.45, 7) is -0.904. The summed E-state index contributed by atoms with van der Waals surface area (Å²) in [7, 11) is 1.44. The van der Waals surface area contributed by atoms with Crippen molar-refractivity contribution >= 4 is 57.4 Å². The number of likely N-dealkylation sites (N-methyl/N-ethyl adjacent to an activating group) is 1. The number of amides is 2. The summed E-state index contributed by atoms with van der Waals surface area (Å²) in [6, 6.07) is 14.1. The van der Waals surface area contributed by atoms with Crippen LogP contribution >= 0.6 is 23.2 Å². The van der Waals surface area contributed by atoms with Gasteiger partial charge in [0.15, 0.2) is 13.2 Å². The van der Waals surface area contributed by atoms with Gasteiger partial charge in [-0.25, -0.2) is 4.79 Å². The highest BCUT2D eigenvalue weighted by molar-refractivity contribution is 6.39. The van der Waals surface area contributed by atoms with E-state index in [0.29, 0.717) is 21.5 Å². The van der Waals surface area contributed by atoms with Crippen molar-refractivity contribution in [1.29, 1.82) is 0 Å². The van der Waals surface area contributed by atoms with Crippen LogP contribution in [-0.2, 0) is 14.4 Å². The number of rotatable bonds is 8. The van der Waals surface area contributed by atoms with Crippen molar-refractivity contribution in [2.75, 3.05) is 25.3 Å². The van der Waals surface area contributed by atoms with E-state index in [1.165, 1.54) is 25.2 Å². The van der Waals surface area contributed by atoms with Crippen molar-refractivity contribution in [3.8, 4) is 5.75 Å². The van der Waals surface area contributed by atoms with Crippen LogP contribution < -0.4 is 15.1 Å². The Labute approximate surface area is 193 Å². The third-order valence-electron chi connectivity index (χ3n) is 4.35. The van der Waals surface area contributed by atoms with Gasteiger partial charge in [-0.05, 0) is 41.8 Å². The number of anilines is 1. The van der Waals surface area contributed by atoms with Gasteiger partial charge in [0.25, 0.3) is 5.91 Å². The standard InChI is InChI=1S/C22H18Cl2N2O6/c1-25-19(27)11-32-26(16-5-3-2-4-6-16)20(28)12-31-18-9-14(22(29)30)7-13-8-15(23)10-17(24)21(13)18/h2-10H,11-12H2,1H3,(H,25,27)(H,29,30). The second-order valence-electron chi connectivity index (χ2n) is 6.52. The number of carboxylic acids is 1. The van der Waals surface area contributed by atoms with Crippen LogP contribution in [0.2, 0.25) is 10.0 Å². The third-order valence-corrected chi connectivity index (χ3v) is 4.86. The molecule has 8 nitrogen and oxygen atoms in total. The first-order valence-electron chi connectivity index (χ1n) is 9.30. The normalized spacial score (nSPS) is 10.6. The highest BCUT2D eigenvalue weighted by Crippen LogP contribution is 2.36. The second-order valence-corrected chi connectivity index (χ2v) is 7.37. The molecule has 2 amide bonds. The van der Waals surface area contributed by atoms with E-state index in [1.807, 2.05) is 0 Å². The lowest BCUT2D eigenvalue weighted by Gasteiger charge is -2.22. The topological polar surface area (TPSA) is 105 Å². The second kappa shape index (κ2) is 10.3. The lowest BCUT2D eigenvalue weighted by atomic mass is 10.1. The van der Waals surface area contributed by atoms with Gasteiger partial charge in [0.1, 0.15) is 5.75 Å². The first kappa shape index (κ1) is 23.3. The van der Waals surface area contributed by atoms with Crippen molar-refractivity contribution < 1.29 is 29.1 Å². The summed E-state index contributed by atoms with van der Waals surface area (Å²) in [5, 5.41) is 14.2. The van der Waals surface area contributed by atoms with Gasteiger partial charge < -0.3 is 15.2 Å². The molecule has 2 N–H and O–H groups in total. The fourth-order valence-corrected chi connectivity index (χ4v) is 3.48. The molecule has 32 heavy (non-hydrogen) atoms. The van der Waals surface area contributed by atoms with Crippen LogP contribution in [0.5, 0.6) is 5.75 Å². The number of benzene rings is 3. The van der Waals surface area contributed by atoms with E-state index in [1.54, 1.807) is 36.4 Å². The molecule has 166 valence electrons. The number of hydrogen-bond donors (Lipinski definition) is 2. The first-order valence-corrected chi connectivity index (χ1v) is 10.1. The van der Waals surface area contributed by atoms with Crippen LogP contribution in [0, 0.1) is 0 Å². The van der Waals surface area contributed by atoms with Crippen LogP contribution in [-0.4, -0.2) is 43.2 Å². The number of carbonyl (C=O) groups is 3. The van der Waals surface area contributed by atoms with E-state index in [0.717, 1.165) is 5.06 Å². The fourth-order valence-electron chi connectivity index (χ4n) is 2.87. The number of halogens is 2. The number of nitrogens with one attached hydrogen (secondary N) is 1. The highest BCUT2D eigenvalue weighted by Gasteiger charge is 2.21. The summed E-state index contributed by atoms with van der Waals surface area (Å²) >= 11 is 12.3. The van der Waals surface area contributed by atoms with Gasteiger partial charge >= 0.3 is 5.97 Å². The Morgan fingerprint density at radius 3 is 2.41 bits per heavy atom. The van der Waals surface area contributed by atoms with E-state index in [2.05, 4.69) is 5.32 Å². The molecule has 0 spiro atoms. The number of hydrogen-bond acceptors (Lipinski definition) is 5. The Balaban J connectivity index is 1.90. The molecule has 0 aliphatic heterocycles. The minimum atomic E-state index is -1.18. The summed E-state index contributed by atoms with van der Waals surface area (Å²) in [6.07, 6.45) is 0. The Kier molecular flexibility index (Phi) is 7.53. The molecular formula is C22H18Cl2N2O6. The highest BCUT2D eigenvalue weighted by atomic mass is 35.5. The zero-order valence-corrected chi connectivity index (χ0v) is 18.3. The Hall–Kier alpha value is -3.33. The first-order chi connectivity index (χ1) is 15.3. The molecule has 10 heteroatoms.